The minimum Gasteiger partial charge on any atom is -0.497 e. The van der Waals surface area contributed by atoms with E-state index in [1.54, 1.807) is 36.6 Å². The molecule has 8 nitrogen and oxygen atoms in total. The number of hydrogen-bond donors (Lipinski definition) is 1. The molecule has 0 unspecified atom stereocenters. The Morgan fingerprint density at radius 3 is 2.70 bits per heavy atom. The third-order valence-corrected chi connectivity index (χ3v) is 5.89. The Kier molecular flexibility index (Phi) is 5.45. The Morgan fingerprint density at radius 1 is 1.09 bits per heavy atom. The molecule has 0 bridgehead atoms. The monoisotopic (exact) mass is 457 g/mol. The van der Waals surface area contributed by atoms with Gasteiger partial charge in [0.1, 0.15) is 12.3 Å². The highest BCUT2D eigenvalue weighted by molar-refractivity contribution is 7.15. The molecule has 0 saturated carbocycles. The van der Waals surface area contributed by atoms with Gasteiger partial charge in [-0.05, 0) is 36.4 Å². The molecule has 0 aliphatic carbocycles. The maximum Gasteiger partial charge on any atom is 0.254 e. The number of hydrogen-bond acceptors (Lipinski definition) is 6. The molecular formula is C24H19N5O3S. The van der Waals surface area contributed by atoms with Crippen molar-refractivity contribution in [2.24, 2.45) is 0 Å². The van der Waals surface area contributed by atoms with Crippen LogP contribution in [0.25, 0.3) is 27.5 Å². The standard InChI is InChI=1S/C24H19N5O3S/c1-32-19-7-5-16(6-8-19)20-12-23(31)29(15-25-20)14-22(30)26-18-4-2-3-17(11-18)21-13-28-9-10-33-24(28)27-21/h2-13,15H,14H2,1H3,(H,26,30). The van der Waals surface area contributed by atoms with Crippen LogP contribution in [0.2, 0.25) is 0 Å². The number of benzene rings is 2. The second-order valence-corrected chi connectivity index (χ2v) is 8.19. The van der Waals surface area contributed by atoms with Gasteiger partial charge >= 0.3 is 0 Å². The van der Waals surface area contributed by atoms with Gasteiger partial charge in [-0.2, -0.15) is 0 Å². The molecule has 33 heavy (non-hydrogen) atoms. The van der Waals surface area contributed by atoms with Crippen LogP contribution in [-0.4, -0.2) is 32.0 Å². The number of fused-ring (bicyclic) bond motifs is 1. The number of nitrogens with one attached hydrogen (secondary N) is 1. The number of methoxy groups -OCH3 is 1. The van der Waals surface area contributed by atoms with Crippen LogP contribution in [0.5, 0.6) is 5.75 Å². The summed E-state index contributed by atoms with van der Waals surface area (Å²) >= 11 is 1.56. The molecule has 3 aromatic heterocycles. The molecular weight excluding hydrogens is 438 g/mol. The Bertz CT molecular complexity index is 1470. The SMILES string of the molecule is COc1ccc(-c2cc(=O)n(CC(=O)Nc3cccc(-c4cn5ccsc5n4)c3)cn2)cc1. The van der Waals surface area contributed by atoms with Gasteiger partial charge in [0.05, 0.1) is 24.8 Å². The highest BCUT2D eigenvalue weighted by atomic mass is 32.1. The van der Waals surface area contributed by atoms with Crippen molar-refractivity contribution < 1.29 is 9.53 Å². The van der Waals surface area contributed by atoms with E-state index in [4.69, 9.17) is 4.74 Å². The minimum absolute atomic E-state index is 0.140. The summed E-state index contributed by atoms with van der Waals surface area (Å²) in [4.78, 5) is 34.9. The van der Waals surface area contributed by atoms with Crippen LogP contribution in [0.15, 0.2) is 83.5 Å². The number of thiazole rings is 1. The maximum atomic E-state index is 12.6. The van der Waals surface area contributed by atoms with Crippen LogP contribution in [0.1, 0.15) is 0 Å². The lowest BCUT2D eigenvalue weighted by atomic mass is 10.1. The molecule has 164 valence electrons. The second kappa shape index (κ2) is 8.71. The molecule has 0 spiro atoms. The predicted molar refractivity (Wildman–Crippen MR) is 128 cm³/mol. The van der Waals surface area contributed by atoms with E-state index >= 15 is 0 Å². The molecule has 9 heteroatoms. The molecule has 5 aromatic rings. The zero-order chi connectivity index (χ0) is 22.8. The lowest BCUT2D eigenvalue weighted by Crippen LogP contribution is -2.27. The third kappa shape index (κ3) is 4.39. The molecule has 1 amide bonds. The molecule has 0 saturated heterocycles. The number of ether oxygens (including phenoxy) is 1. The van der Waals surface area contributed by atoms with Gasteiger partial charge in [-0.15, -0.1) is 11.3 Å². The van der Waals surface area contributed by atoms with Gasteiger partial charge in [-0.25, -0.2) is 9.97 Å². The normalized spacial score (nSPS) is 10.9. The fourth-order valence-corrected chi connectivity index (χ4v) is 4.14. The average molecular weight is 458 g/mol. The van der Waals surface area contributed by atoms with Gasteiger partial charge in [0, 0.05) is 40.7 Å². The Labute approximate surface area is 192 Å². The van der Waals surface area contributed by atoms with E-state index < -0.39 is 0 Å². The summed E-state index contributed by atoms with van der Waals surface area (Å²) < 4.78 is 8.38. The van der Waals surface area contributed by atoms with Gasteiger partial charge in [0.2, 0.25) is 5.91 Å². The number of carbonyl (C=O) groups excluding carboxylic acids is 1. The van der Waals surface area contributed by atoms with Crippen LogP contribution in [0, 0.1) is 0 Å². The van der Waals surface area contributed by atoms with Crippen LogP contribution in [0.4, 0.5) is 5.69 Å². The van der Waals surface area contributed by atoms with E-state index in [2.05, 4.69) is 15.3 Å². The lowest BCUT2D eigenvalue weighted by Gasteiger charge is -2.09. The topological polar surface area (TPSA) is 90.5 Å². The smallest absolute Gasteiger partial charge is 0.254 e. The highest BCUT2D eigenvalue weighted by Crippen LogP contribution is 2.24. The first kappa shape index (κ1) is 20.7. The first-order chi connectivity index (χ1) is 16.1. The Hall–Kier alpha value is -4.24. The summed E-state index contributed by atoms with van der Waals surface area (Å²) in [6.07, 6.45) is 5.28. The molecule has 0 fully saturated rings. The summed E-state index contributed by atoms with van der Waals surface area (Å²) in [5.74, 6) is 0.402. The molecule has 0 aliphatic rings. The van der Waals surface area contributed by atoms with E-state index in [0.29, 0.717) is 11.4 Å². The average Bonchev–Trinajstić information content (AvgIpc) is 3.43. The molecule has 5 rings (SSSR count). The largest absolute Gasteiger partial charge is 0.497 e. The van der Waals surface area contributed by atoms with E-state index in [1.807, 2.05) is 52.5 Å². The summed E-state index contributed by atoms with van der Waals surface area (Å²) in [7, 11) is 1.59. The Balaban J connectivity index is 1.29. The van der Waals surface area contributed by atoms with Crippen molar-refractivity contribution in [3.8, 4) is 28.3 Å². The van der Waals surface area contributed by atoms with Crippen molar-refractivity contribution in [1.82, 2.24) is 18.9 Å². The summed E-state index contributed by atoms with van der Waals surface area (Å²) in [5, 5.41) is 4.82. The van der Waals surface area contributed by atoms with E-state index in [0.717, 1.165) is 27.5 Å². The zero-order valence-electron chi connectivity index (χ0n) is 17.6. The second-order valence-electron chi connectivity index (χ2n) is 7.32. The van der Waals surface area contributed by atoms with Crippen molar-refractivity contribution in [3.63, 3.8) is 0 Å². The van der Waals surface area contributed by atoms with Crippen molar-refractivity contribution in [3.05, 3.63) is 89.1 Å². The van der Waals surface area contributed by atoms with E-state index in [9.17, 15) is 9.59 Å². The molecule has 0 atom stereocenters. The fraction of sp³-hybridized carbons (Fsp3) is 0.0833. The molecule has 2 aromatic carbocycles. The molecule has 0 aliphatic heterocycles. The third-order valence-electron chi connectivity index (χ3n) is 5.11. The number of imidazole rings is 1. The lowest BCUT2D eigenvalue weighted by molar-refractivity contribution is -0.116. The van der Waals surface area contributed by atoms with Gasteiger partial charge in [0.25, 0.3) is 5.56 Å². The van der Waals surface area contributed by atoms with Crippen molar-refractivity contribution >= 4 is 27.9 Å². The van der Waals surface area contributed by atoms with Crippen molar-refractivity contribution in [1.29, 1.82) is 0 Å². The number of aromatic nitrogens is 4. The van der Waals surface area contributed by atoms with Crippen LogP contribution in [-0.2, 0) is 11.3 Å². The first-order valence-corrected chi connectivity index (χ1v) is 11.0. The van der Waals surface area contributed by atoms with E-state index in [1.165, 1.54) is 17.0 Å². The summed E-state index contributed by atoms with van der Waals surface area (Å²) in [5.41, 5.74) is 3.37. The minimum atomic E-state index is -0.320. The highest BCUT2D eigenvalue weighted by Gasteiger charge is 2.10. The van der Waals surface area contributed by atoms with Gasteiger partial charge in [-0.1, -0.05) is 12.1 Å². The fourth-order valence-electron chi connectivity index (χ4n) is 3.44. The van der Waals surface area contributed by atoms with E-state index in [-0.39, 0.29) is 18.0 Å². The molecule has 0 radical (unpaired) electrons. The van der Waals surface area contributed by atoms with Crippen molar-refractivity contribution in [2.45, 2.75) is 6.54 Å². The predicted octanol–water partition coefficient (Wildman–Crippen LogP) is 3.93. The number of amides is 1. The maximum absolute atomic E-state index is 12.6. The number of rotatable bonds is 6. The number of nitrogens with zero attached hydrogens (tertiary/aromatic N) is 4. The van der Waals surface area contributed by atoms with Crippen LogP contribution < -0.4 is 15.6 Å². The molecule has 3 heterocycles. The quantitative estimate of drug-likeness (QED) is 0.417. The number of anilines is 1. The summed E-state index contributed by atoms with van der Waals surface area (Å²) in [6, 6.07) is 16.1. The van der Waals surface area contributed by atoms with Gasteiger partial charge in [-0.3, -0.25) is 18.6 Å². The number of carbonyl (C=O) groups is 1. The van der Waals surface area contributed by atoms with Crippen molar-refractivity contribution in [2.75, 3.05) is 12.4 Å². The summed E-state index contributed by atoms with van der Waals surface area (Å²) in [6.45, 7) is -0.140. The van der Waals surface area contributed by atoms with Gasteiger partial charge in [0.15, 0.2) is 4.96 Å². The Morgan fingerprint density at radius 2 is 1.94 bits per heavy atom. The van der Waals surface area contributed by atoms with Crippen LogP contribution in [0.3, 0.4) is 0 Å². The molecule has 1 N–H and O–H groups in total. The zero-order valence-corrected chi connectivity index (χ0v) is 18.5. The van der Waals surface area contributed by atoms with Crippen LogP contribution >= 0.6 is 11.3 Å². The first-order valence-electron chi connectivity index (χ1n) is 10.1. The van der Waals surface area contributed by atoms with Gasteiger partial charge < -0.3 is 10.1 Å².